The van der Waals surface area contributed by atoms with Crippen LogP contribution in [-0.2, 0) is 27.3 Å². The van der Waals surface area contributed by atoms with Crippen molar-refractivity contribution in [2.24, 2.45) is 0 Å². The molecule has 1 unspecified atom stereocenters. The number of aliphatic hydroxyl groups excluding tert-OH is 1. The molecule has 0 aromatic heterocycles. The number of benzene rings is 3. The Morgan fingerprint density at radius 3 is 2.06 bits per heavy atom. The standard InChI is InChI=1S/C29H27NO5/c1-3-19-10-14-22(15-11-19)26(31)24-25(21-8-6-5-7-9-21)30(28(33)27(24)32)18-20-12-16-23(17-13-20)29(34)35-4-2/h5-17,25,31H,3-4,18H2,1-2H3/b26-24+. The van der Waals surface area contributed by atoms with E-state index in [4.69, 9.17) is 4.74 Å². The summed E-state index contributed by atoms with van der Waals surface area (Å²) in [4.78, 5) is 39.8. The minimum atomic E-state index is -0.744. The lowest BCUT2D eigenvalue weighted by Crippen LogP contribution is -2.29. The van der Waals surface area contributed by atoms with Gasteiger partial charge in [0.2, 0.25) is 0 Å². The molecule has 1 N–H and O–H groups in total. The van der Waals surface area contributed by atoms with E-state index in [1.807, 2.05) is 49.4 Å². The summed E-state index contributed by atoms with van der Waals surface area (Å²) in [7, 11) is 0. The Bertz CT molecular complexity index is 1260. The van der Waals surface area contributed by atoms with Crippen molar-refractivity contribution in [2.45, 2.75) is 32.9 Å². The van der Waals surface area contributed by atoms with Crippen LogP contribution in [0, 0.1) is 0 Å². The van der Waals surface area contributed by atoms with Crippen LogP contribution in [0.2, 0.25) is 0 Å². The maximum Gasteiger partial charge on any atom is 0.338 e. The highest BCUT2D eigenvalue weighted by Gasteiger charge is 2.46. The third-order valence-electron chi connectivity index (χ3n) is 6.11. The number of ketones is 1. The van der Waals surface area contributed by atoms with Gasteiger partial charge in [0.05, 0.1) is 23.8 Å². The van der Waals surface area contributed by atoms with Gasteiger partial charge in [-0.2, -0.15) is 0 Å². The van der Waals surface area contributed by atoms with Crippen molar-refractivity contribution in [3.8, 4) is 0 Å². The van der Waals surface area contributed by atoms with Gasteiger partial charge in [0, 0.05) is 12.1 Å². The molecular formula is C29H27NO5. The van der Waals surface area contributed by atoms with Gasteiger partial charge in [-0.1, -0.05) is 73.7 Å². The highest BCUT2D eigenvalue weighted by atomic mass is 16.5. The van der Waals surface area contributed by atoms with E-state index in [-0.39, 0.29) is 24.5 Å². The first-order valence-corrected chi connectivity index (χ1v) is 11.6. The average molecular weight is 470 g/mol. The van der Waals surface area contributed by atoms with Crippen molar-refractivity contribution in [1.82, 2.24) is 4.90 Å². The van der Waals surface area contributed by atoms with E-state index >= 15 is 0 Å². The number of Topliss-reactive ketones (excluding diaryl/α,β-unsaturated/α-hetero) is 1. The van der Waals surface area contributed by atoms with E-state index in [1.165, 1.54) is 4.90 Å². The fourth-order valence-corrected chi connectivity index (χ4v) is 4.24. The molecule has 1 fully saturated rings. The molecule has 4 rings (SSSR count). The minimum absolute atomic E-state index is 0.0635. The molecule has 1 aliphatic rings. The molecule has 6 heteroatoms. The molecular weight excluding hydrogens is 442 g/mol. The van der Waals surface area contributed by atoms with Crippen molar-refractivity contribution >= 4 is 23.4 Å². The van der Waals surface area contributed by atoms with Gasteiger partial charge in [-0.3, -0.25) is 9.59 Å². The average Bonchev–Trinajstić information content (AvgIpc) is 3.14. The molecule has 6 nitrogen and oxygen atoms in total. The van der Waals surface area contributed by atoms with Crippen LogP contribution in [0.15, 0.2) is 84.4 Å². The lowest BCUT2D eigenvalue weighted by atomic mass is 9.95. The number of aliphatic hydroxyl groups is 1. The highest BCUT2D eigenvalue weighted by molar-refractivity contribution is 6.46. The Labute approximate surface area is 204 Å². The van der Waals surface area contributed by atoms with Crippen LogP contribution in [0.25, 0.3) is 5.76 Å². The van der Waals surface area contributed by atoms with Crippen molar-refractivity contribution in [2.75, 3.05) is 6.61 Å². The number of carbonyl (C=O) groups is 3. The summed E-state index contributed by atoms with van der Waals surface area (Å²) < 4.78 is 5.02. The molecule has 1 heterocycles. The molecule has 1 aliphatic heterocycles. The summed E-state index contributed by atoms with van der Waals surface area (Å²) >= 11 is 0. The fourth-order valence-electron chi connectivity index (χ4n) is 4.24. The van der Waals surface area contributed by atoms with E-state index in [0.29, 0.717) is 11.1 Å². The Hall–Kier alpha value is -4.19. The molecule has 1 atom stereocenters. The summed E-state index contributed by atoms with van der Waals surface area (Å²) in [6.07, 6.45) is 0.852. The molecule has 3 aromatic carbocycles. The van der Waals surface area contributed by atoms with Gasteiger partial charge < -0.3 is 14.7 Å². The first-order valence-electron chi connectivity index (χ1n) is 11.6. The van der Waals surface area contributed by atoms with Crippen LogP contribution < -0.4 is 0 Å². The number of aryl methyl sites for hydroxylation is 1. The Kier molecular flexibility index (Phi) is 7.11. The second-order valence-electron chi connectivity index (χ2n) is 8.31. The summed E-state index contributed by atoms with van der Waals surface area (Å²) in [5, 5.41) is 11.2. The summed E-state index contributed by atoms with van der Waals surface area (Å²) in [5.41, 5.74) is 3.53. The smallest absolute Gasteiger partial charge is 0.338 e. The molecule has 1 amide bonds. The second-order valence-corrected chi connectivity index (χ2v) is 8.31. The first kappa shape index (κ1) is 24.0. The van der Waals surface area contributed by atoms with Gasteiger partial charge in [0.15, 0.2) is 0 Å². The Balaban J connectivity index is 1.73. The van der Waals surface area contributed by atoms with Crippen LogP contribution in [0.4, 0.5) is 0 Å². The zero-order chi connectivity index (χ0) is 24.9. The molecule has 3 aromatic rings. The SMILES string of the molecule is CCOC(=O)c1ccc(CN2C(=O)C(=O)/C(=C(/O)c3ccc(CC)cc3)C2c2ccccc2)cc1. The third-order valence-corrected chi connectivity index (χ3v) is 6.11. The highest BCUT2D eigenvalue weighted by Crippen LogP contribution is 2.40. The van der Waals surface area contributed by atoms with Gasteiger partial charge in [0.1, 0.15) is 5.76 Å². The molecule has 0 bridgehead atoms. The van der Waals surface area contributed by atoms with Crippen LogP contribution in [0.5, 0.6) is 0 Å². The van der Waals surface area contributed by atoms with Gasteiger partial charge in [-0.15, -0.1) is 0 Å². The second kappa shape index (κ2) is 10.4. The number of ether oxygens (including phenoxy) is 1. The number of nitrogens with zero attached hydrogens (tertiary/aromatic N) is 1. The zero-order valence-electron chi connectivity index (χ0n) is 19.7. The normalized spacial score (nSPS) is 17.0. The van der Waals surface area contributed by atoms with E-state index in [9.17, 15) is 19.5 Å². The van der Waals surface area contributed by atoms with Crippen LogP contribution in [0.1, 0.15) is 52.5 Å². The molecule has 178 valence electrons. The quantitative estimate of drug-likeness (QED) is 0.227. The van der Waals surface area contributed by atoms with E-state index < -0.39 is 23.7 Å². The van der Waals surface area contributed by atoms with Gasteiger partial charge in [0.25, 0.3) is 11.7 Å². The monoisotopic (exact) mass is 469 g/mol. The first-order chi connectivity index (χ1) is 16.9. The molecule has 35 heavy (non-hydrogen) atoms. The maximum atomic E-state index is 13.2. The molecule has 1 saturated heterocycles. The topological polar surface area (TPSA) is 83.9 Å². The minimum Gasteiger partial charge on any atom is -0.507 e. The molecule has 0 spiro atoms. The van der Waals surface area contributed by atoms with Gasteiger partial charge in [-0.25, -0.2) is 4.79 Å². The van der Waals surface area contributed by atoms with E-state index in [0.717, 1.165) is 23.1 Å². The molecule has 0 saturated carbocycles. The maximum absolute atomic E-state index is 13.2. The number of esters is 1. The lowest BCUT2D eigenvalue weighted by molar-refractivity contribution is -0.140. The molecule has 0 aliphatic carbocycles. The predicted molar refractivity (Wildman–Crippen MR) is 133 cm³/mol. The van der Waals surface area contributed by atoms with Crippen molar-refractivity contribution in [1.29, 1.82) is 0 Å². The largest absolute Gasteiger partial charge is 0.507 e. The lowest BCUT2D eigenvalue weighted by Gasteiger charge is -2.25. The zero-order valence-corrected chi connectivity index (χ0v) is 19.7. The number of hydrogen-bond donors (Lipinski definition) is 1. The number of rotatable bonds is 7. The van der Waals surface area contributed by atoms with Gasteiger partial charge in [-0.05, 0) is 42.2 Å². The van der Waals surface area contributed by atoms with Crippen molar-refractivity contribution < 1.29 is 24.2 Å². The van der Waals surface area contributed by atoms with E-state index in [1.54, 1.807) is 43.3 Å². The number of likely N-dealkylation sites (tertiary alicyclic amines) is 1. The van der Waals surface area contributed by atoms with E-state index in [2.05, 4.69) is 0 Å². The number of amides is 1. The summed E-state index contributed by atoms with van der Waals surface area (Å²) in [6.45, 7) is 4.20. The Morgan fingerprint density at radius 1 is 0.857 bits per heavy atom. The summed E-state index contributed by atoms with van der Waals surface area (Å²) in [5.74, 6) is -2.02. The van der Waals surface area contributed by atoms with Crippen LogP contribution in [-0.4, -0.2) is 34.3 Å². The fraction of sp³-hybridized carbons (Fsp3) is 0.207. The molecule has 0 radical (unpaired) electrons. The Morgan fingerprint density at radius 2 is 1.46 bits per heavy atom. The van der Waals surface area contributed by atoms with Crippen molar-refractivity contribution in [3.05, 3.63) is 112 Å². The third kappa shape index (κ3) is 4.87. The number of carbonyl (C=O) groups excluding carboxylic acids is 3. The van der Waals surface area contributed by atoms with Crippen molar-refractivity contribution in [3.63, 3.8) is 0 Å². The number of hydrogen-bond acceptors (Lipinski definition) is 5. The summed E-state index contributed by atoms with van der Waals surface area (Å²) in [6, 6.07) is 22.5. The van der Waals surface area contributed by atoms with Gasteiger partial charge >= 0.3 is 5.97 Å². The van der Waals surface area contributed by atoms with Crippen LogP contribution in [0.3, 0.4) is 0 Å². The van der Waals surface area contributed by atoms with Crippen LogP contribution >= 0.6 is 0 Å². The predicted octanol–water partition coefficient (Wildman–Crippen LogP) is 5.05.